The van der Waals surface area contributed by atoms with E-state index in [9.17, 15) is 4.39 Å². The summed E-state index contributed by atoms with van der Waals surface area (Å²) in [7, 11) is 1.60. The summed E-state index contributed by atoms with van der Waals surface area (Å²) < 4.78 is 23.3. The van der Waals surface area contributed by atoms with Gasteiger partial charge >= 0.3 is 0 Å². The van der Waals surface area contributed by atoms with Gasteiger partial charge in [0, 0.05) is 13.0 Å². The molecule has 0 saturated carbocycles. The first-order valence-corrected chi connectivity index (χ1v) is 3.95. The maximum absolute atomic E-state index is 13.1. The van der Waals surface area contributed by atoms with Crippen LogP contribution in [0.5, 0.6) is 0 Å². The summed E-state index contributed by atoms with van der Waals surface area (Å²) in [5.74, 6) is -0.0371. The fourth-order valence-corrected chi connectivity index (χ4v) is 1.46. The van der Waals surface area contributed by atoms with E-state index in [-0.39, 0.29) is 18.1 Å². The second-order valence-electron chi connectivity index (χ2n) is 3.14. The highest BCUT2D eigenvalue weighted by Gasteiger charge is 2.39. The van der Waals surface area contributed by atoms with Crippen LogP contribution >= 0.6 is 0 Å². The zero-order chi connectivity index (χ0) is 8.43. The monoisotopic (exact) mass is 162 g/mol. The Bertz CT molecular complexity index is 129. The number of methoxy groups -OCH3 is 1. The smallest absolute Gasteiger partial charge is 0.131 e. The van der Waals surface area contributed by atoms with Crippen LogP contribution in [0.1, 0.15) is 13.8 Å². The molecule has 1 aliphatic rings. The van der Waals surface area contributed by atoms with Crippen molar-refractivity contribution < 1.29 is 13.9 Å². The molecule has 4 unspecified atom stereocenters. The van der Waals surface area contributed by atoms with E-state index in [1.54, 1.807) is 14.0 Å². The lowest BCUT2D eigenvalue weighted by atomic mass is 10.0. The summed E-state index contributed by atoms with van der Waals surface area (Å²) in [6.07, 6.45) is -1.18. The van der Waals surface area contributed by atoms with Gasteiger partial charge in [-0.05, 0) is 6.92 Å². The van der Waals surface area contributed by atoms with Gasteiger partial charge in [0.15, 0.2) is 0 Å². The van der Waals surface area contributed by atoms with E-state index >= 15 is 0 Å². The van der Waals surface area contributed by atoms with Gasteiger partial charge in [-0.2, -0.15) is 0 Å². The minimum atomic E-state index is -0.838. The lowest BCUT2D eigenvalue weighted by molar-refractivity contribution is -0.00815. The molecule has 0 aromatic rings. The van der Waals surface area contributed by atoms with Crippen molar-refractivity contribution in [3.05, 3.63) is 0 Å². The van der Waals surface area contributed by atoms with Gasteiger partial charge < -0.3 is 9.47 Å². The SMILES string of the molecule is COCC1OC(C)C(F)C1C. The molecule has 0 amide bonds. The third kappa shape index (κ3) is 1.71. The van der Waals surface area contributed by atoms with Gasteiger partial charge in [0.2, 0.25) is 0 Å². The first kappa shape index (κ1) is 8.94. The standard InChI is InChI=1S/C8H15FO2/c1-5-7(4-10-3)11-6(2)8(5)9/h5-8H,4H2,1-3H3. The van der Waals surface area contributed by atoms with Gasteiger partial charge in [0.05, 0.1) is 18.8 Å². The van der Waals surface area contributed by atoms with Gasteiger partial charge in [0.25, 0.3) is 0 Å². The van der Waals surface area contributed by atoms with Crippen molar-refractivity contribution >= 4 is 0 Å². The van der Waals surface area contributed by atoms with Crippen LogP contribution in [0.4, 0.5) is 4.39 Å². The van der Waals surface area contributed by atoms with Crippen molar-refractivity contribution in [3.8, 4) is 0 Å². The molecule has 4 atom stereocenters. The summed E-state index contributed by atoms with van der Waals surface area (Å²) in [5, 5.41) is 0. The minimum Gasteiger partial charge on any atom is -0.382 e. The molecule has 11 heavy (non-hydrogen) atoms. The molecule has 0 aromatic carbocycles. The van der Waals surface area contributed by atoms with Gasteiger partial charge in [-0.25, -0.2) is 4.39 Å². The molecule has 1 aliphatic heterocycles. The van der Waals surface area contributed by atoms with E-state index in [1.807, 2.05) is 6.92 Å². The Kier molecular flexibility index (Phi) is 2.84. The maximum Gasteiger partial charge on any atom is 0.131 e. The Labute approximate surface area is 66.7 Å². The Morgan fingerprint density at radius 1 is 1.45 bits per heavy atom. The average Bonchev–Trinajstić information content (AvgIpc) is 2.19. The van der Waals surface area contributed by atoms with E-state index in [0.717, 1.165) is 0 Å². The Hall–Kier alpha value is -0.150. The Balaban J connectivity index is 2.45. The first-order chi connectivity index (χ1) is 5.16. The molecular formula is C8H15FO2. The van der Waals surface area contributed by atoms with Crippen LogP contribution in [0.15, 0.2) is 0 Å². The number of hydrogen-bond donors (Lipinski definition) is 0. The molecule has 1 fully saturated rings. The van der Waals surface area contributed by atoms with E-state index in [4.69, 9.17) is 9.47 Å². The highest BCUT2D eigenvalue weighted by molar-refractivity contribution is 4.85. The highest BCUT2D eigenvalue weighted by atomic mass is 19.1. The van der Waals surface area contributed by atoms with E-state index in [0.29, 0.717) is 6.61 Å². The van der Waals surface area contributed by atoms with Gasteiger partial charge in [-0.3, -0.25) is 0 Å². The van der Waals surface area contributed by atoms with E-state index < -0.39 is 6.17 Å². The molecule has 0 aliphatic carbocycles. The summed E-state index contributed by atoms with van der Waals surface area (Å²) in [6.45, 7) is 4.11. The van der Waals surface area contributed by atoms with Crippen LogP contribution in [0.25, 0.3) is 0 Å². The van der Waals surface area contributed by atoms with Crippen LogP contribution in [0, 0.1) is 5.92 Å². The fourth-order valence-electron chi connectivity index (χ4n) is 1.46. The largest absolute Gasteiger partial charge is 0.382 e. The molecule has 0 spiro atoms. The fraction of sp³-hybridized carbons (Fsp3) is 1.00. The number of halogens is 1. The summed E-state index contributed by atoms with van der Waals surface area (Å²) in [6, 6.07) is 0. The third-order valence-corrected chi connectivity index (χ3v) is 2.26. The minimum absolute atomic E-state index is 0.0371. The van der Waals surface area contributed by atoms with Crippen molar-refractivity contribution in [3.63, 3.8) is 0 Å². The summed E-state index contributed by atoms with van der Waals surface area (Å²) in [4.78, 5) is 0. The van der Waals surface area contributed by atoms with Crippen molar-refractivity contribution in [1.29, 1.82) is 0 Å². The number of alkyl halides is 1. The number of ether oxygens (including phenoxy) is 2. The molecule has 1 saturated heterocycles. The summed E-state index contributed by atoms with van der Waals surface area (Å²) in [5.41, 5.74) is 0. The molecule has 1 rings (SSSR count). The van der Waals surface area contributed by atoms with Crippen LogP contribution < -0.4 is 0 Å². The van der Waals surface area contributed by atoms with Crippen LogP contribution in [0.3, 0.4) is 0 Å². The molecular weight excluding hydrogens is 147 g/mol. The van der Waals surface area contributed by atoms with Crippen LogP contribution in [-0.4, -0.2) is 32.1 Å². The molecule has 0 bridgehead atoms. The quantitative estimate of drug-likeness (QED) is 0.611. The zero-order valence-electron chi connectivity index (χ0n) is 7.21. The Morgan fingerprint density at radius 2 is 2.09 bits per heavy atom. The molecule has 66 valence electrons. The summed E-state index contributed by atoms with van der Waals surface area (Å²) >= 11 is 0. The molecule has 0 N–H and O–H groups in total. The molecule has 2 nitrogen and oxygen atoms in total. The van der Waals surface area contributed by atoms with Gasteiger partial charge in [-0.15, -0.1) is 0 Å². The molecule has 1 heterocycles. The molecule has 3 heteroatoms. The normalized spacial score (nSPS) is 44.7. The number of rotatable bonds is 2. The predicted octanol–water partition coefficient (Wildman–Crippen LogP) is 1.39. The molecule has 0 radical (unpaired) electrons. The third-order valence-electron chi connectivity index (χ3n) is 2.26. The predicted molar refractivity (Wildman–Crippen MR) is 40.3 cm³/mol. The van der Waals surface area contributed by atoms with Gasteiger partial charge in [-0.1, -0.05) is 6.92 Å². The first-order valence-electron chi connectivity index (χ1n) is 3.95. The second kappa shape index (κ2) is 3.50. The lowest BCUT2D eigenvalue weighted by Crippen LogP contribution is -2.22. The van der Waals surface area contributed by atoms with Crippen LogP contribution in [-0.2, 0) is 9.47 Å². The topological polar surface area (TPSA) is 18.5 Å². The maximum atomic E-state index is 13.1. The van der Waals surface area contributed by atoms with Gasteiger partial charge in [0.1, 0.15) is 6.17 Å². The second-order valence-corrected chi connectivity index (χ2v) is 3.14. The van der Waals surface area contributed by atoms with Crippen molar-refractivity contribution in [2.24, 2.45) is 5.92 Å². The average molecular weight is 162 g/mol. The molecule has 0 aromatic heterocycles. The van der Waals surface area contributed by atoms with Crippen LogP contribution in [0.2, 0.25) is 0 Å². The van der Waals surface area contributed by atoms with E-state index in [2.05, 4.69) is 0 Å². The van der Waals surface area contributed by atoms with Crippen molar-refractivity contribution in [2.45, 2.75) is 32.2 Å². The lowest BCUT2D eigenvalue weighted by Gasteiger charge is -2.12. The zero-order valence-corrected chi connectivity index (χ0v) is 7.21. The van der Waals surface area contributed by atoms with Crippen molar-refractivity contribution in [2.75, 3.05) is 13.7 Å². The number of hydrogen-bond acceptors (Lipinski definition) is 2. The highest BCUT2D eigenvalue weighted by Crippen LogP contribution is 2.28. The Morgan fingerprint density at radius 3 is 2.45 bits per heavy atom. The van der Waals surface area contributed by atoms with Crippen molar-refractivity contribution in [1.82, 2.24) is 0 Å². The van der Waals surface area contributed by atoms with E-state index in [1.165, 1.54) is 0 Å².